The van der Waals surface area contributed by atoms with Gasteiger partial charge in [0.1, 0.15) is 11.6 Å². The Morgan fingerprint density at radius 3 is 2.87 bits per heavy atom. The van der Waals surface area contributed by atoms with E-state index < -0.39 is 0 Å². The van der Waals surface area contributed by atoms with Crippen LogP contribution in [0, 0.1) is 19.7 Å². The van der Waals surface area contributed by atoms with Crippen LogP contribution in [0.4, 0.5) is 4.39 Å². The molecule has 162 valence electrons. The van der Waals surface area contributed by atoms with Gasteiger partial charge in [-0.15, -0.1) is 0 Å². The summed E-state index contributed by atoms with van der Waals surface area (Å²) in [5.74, 6) is 1.06. The highest BCUT2D eigenvalue weighted by Gasteiger charge is 2.34. The lowest BCUT2D eigenvalue weighted by molar-refractivity contribution is -0.131. The molecule has 1 amide bonds. The molecule has 0 unspecified atom stereocenters. The Balaban J connectivity index is 1.69. The van der Waals surface area contributed by atoms with Crippen molar-refractivity contribution in [3.63, 3.8) is 0 Å². The van der Waals surface area contributed by atoms with E-state index in [9.17, 15) is 9.18 Å². The van der Waals surface area contributed by atoms with Crippen LogP contribution in [0.2, 0.25) is 0 Å². The molecule has 7 heteroatoms. The molecule has 1 aromatic carbocycles. The van der Waals surface area contributed by atoms with Crippen LogP contribution in [-0.4, -0.2) is 32.5 Å². The smallest absolute Gasteiger partial charge is 0.227 e. The summed E-state index contributed by atoms with van der Waals surface area (Å²) >= 11 is 0. The third kappa shape index (κ3) is 4.36. The molecule has 1 aliphatic rings. The van der Waals surface area contributed by atoms with Gasteiger partial charge in [0.05, 0.1) is 29.4 Å². The lowest BCUT2D eigenvalue weighted by Crippen LogP contribution is -2.32. The fourth-order valence-electron chi connectivity index (χ4n) is 4.15. The molecular weight excluding hydrogens is 395 g/mol. The van der Waals surface area contributed by atoms with Crippen LogP contribution in [0.3, 0.4) is 0 Å². The van der Waals surface area contributed by atoms with Crippen LogP contribution >= 0.6 is 0 Å². The van der Waals surface area contributed by atoms with Crippen molar-refractivity contribution in [3.8, 4) is 11.3 Å². The van der Waals surface area contributed by atoms with Gasteiger partial charge in [-0.3, -0.25) is 4.79 Å². The predicted molar refractivity (Wildman–Crippen MR) is 115 cm³/mol. The molecule has 1 fully saturated rings. The van der Waals surface area contributed by atoms with Gasteiger partial charge in [0.2, 0.25) is 5.91 Å². The highest BCUT2D eigenvalue weighted by atomic mass is 19.1. The number of nitrogens with zero attached hydrogens (tertiary/aromatic N) is 4. The van der Waals surface area contributed by atoms with Gasteiger partial charge >= 0.3 is 0 Å². The van der Waals surface area contributed by atoms with Crippen LogP contribution < -0.4 is 0 Å². The molecule has 0 bridgehead atoms. The number of hydrogen-bond acceptors (Lipinski definition) is 5. The average molecular weight is 423 g/mol. The molecule has 6 nitrogen and oxygen atoms in total. The van der Waals surface area contributed by atoms with Gasteiger partial charge in [-0.25, -0.2) is 14.4 Å². The molecule has 0 saturated carbocycles. The molecule has 3 aromatic rings. The SMILES string of the molecule is CCCc1ncc(-c2onc(C)c2C)c([C@@H]2CCCN2C(=O)Cc2cccc(F)c2)n1. The number of benzene rings is 1. The summed E-state index contributed by atoms with van der Waals surface area (Å²) in [7, 11) is 0. The van der Waals surface area contributed by atoms with Crippen LogP contribution in [0.5, 0.6) is 0 Å². The number of halogens is 1. The second-order valence-corrected chi connectivity index (χ2v) is 8.11. The standard InChI is InChI=1S/C24H27FN4O2/c1-4-7-21-26-14-19(24-15(2)16(3)28-31-24)23(27-21)20-10-6-11-29(20)22(30)13-17-8-5-9-18(25)12-17/h5,8-9,12,14,20H,4,6-7,10-11,13H2,1-3H3/t20-/m0/s1. The van der Waals surface area contributed by atoms with E-state index in [-0.39, 0.29) is 24.2 Å². The maximum Gasteiger partial charge on any atom is 0.227 e. The maximum absolute atomic E-state index is 13.6. The summed E-state index contributed by atoms with van der Waals surface area (Å²) in [6.07, 6.45) is 5.37. The van der Waals surface area contributed by atoms with Crippen molar-refractivity contribution in [3.05, 3.63) is 64.6 Å². The fourth-order valence-corrected chi connectivity index (χ4v) is 4.15. The van der Waals surface area contributed by atoms with Crippen LogP contribution in [0.1, 0.15) is 60.6 Å². The number of rotatable bonds is 6. The van der Waals surface area contributed by atoms with Gasteiger partial charge in [0.25, 0.3) is 0 Å². The van der Waals surface area contributed by atoms with Gasteiger partial charge in [-0.1, -0.05) is 24.2 Å². The summed E-state index contributed by atoms with van der Waals surface area (Å²) in [6, 6.07) is 6.05. The molecule has 1 saturated heterocycles. The number of carbonyl (C=O) groups is 1. The quantitative estimate of drug-likeness (QED) is 0.573. The number of likely N-dealkylation sites (tertiary alicyclic amines) is 1. The highest BCUT2D eigenvalue weighted by Crippen LogP contribution is 2.38. The van der Waals surface area contributed by atoms with Gasteiger partial charge in [0.15, 0.2) is 5.76 Å². The topological polar surface area (TPSA) is 72.1 Å². The van der Waals surface area contributed by atoms with Crippen LogP contribution in [-0.2, 0) is 17.6 Å². The van der Waals surface area contributed by atoms with E-state index in [0.717, 1.165) is 54.0 Å². The van der Waals surface area contributed by atoms with Crippen LogP contribution in [0.25, 0.3) is 11.3 Å². The normalized spacial score (nSPS) is 16.1. The average Bonchev–Trinajstić information content (AvgIpc) is 3.36. The molecular formula is C24H27FN4O2. The zero-order valence-electron chi connectivity index (χ0n) is 18.2. The van der Waals surface area contributed by atoms with E-state index >= 15 is 0 Å². The predicted octanol–water partition coefficient (Wildman–Crippen LogP) is 4.75. The Hall–Kier alpha value is -3.09. The Morgan fingerprint density at radius 1 is 1.32 bits per heavy atom. The third-order valence-electron chi connectivity index (χ3n) is 5.88. The van der Waals surface area contributed by atoms with Crippen molar-refractivity contribution < 1.29 is 13.7 Å². The van der Waals surface area contributed by atoms with Gasteiger partial charge in [-0.05, 0) is 50.8 Å². The minimum absolute atomic E-state index is 0.0276. The van der Waals surface area contributed by atoms with E-state index in [1.54, 1.807) is 18.3 Å². The fraction of sp³-hybridized carbons (Fsp3) is 0.417. The molecule has 0 N–H and O–H groups in total. The Labute approximate surface area is 181 Å². The van der Waals surface area contributed by atoms with Gasteiger partial charge < -0.3 is 9.42 Å². The highest BCUT2D eigenvalue weighted by molar-refractivity contribution is 5.80. The lowest BCUT2D eigenvalue weighted by Gasteiger charge is -2.26. The minimum Gasteiger partial charge on any atom is -0.356 e. The van der Waals surface area contributed by atoms with E-state index in [1.165, 1.54) is 12.1 Å². The molecule has 0 aliphatic carbocycles. The Kier molecular flexibility index (Phi) is 6.11. The largest absolute Gasteiger partial charge is 0.356 e. The molecule has 1 atom stereocenters. The monoisotopic (exact) mass is 422 g/mol. The summed E-state index contributed by atoms with van der Waals surface area (Å²) in [4.78, 5) is 24.4. The second kappa shape index (κ2) is 8.96. The van der Waals surface area contributed by atoms with Crippen molar-refractivity contribution in [2.45, 2.75) is 58.9 Å². The lowest BCUT2D eigenvalue weighted by atomic mass is 10.0. The molecule has 2 aromatic heterocycles. The summed E-state index contributed by atoms with van der Waals surface area (Å²) in [5, 5.41) is 4.09. The van der Waals surface area contributed by atoms with Crippen LogP contribution in [0.15, 0.2) is 35.0 Å². The zero-order valence-corrected chi connectivity index (χ0v) is 18.2. The Morgan fingerprint density at radius 2 is 2.16 bits per heavy atom. The van der Waals surface area contributed by atoms with Gasteiger partial charge in [0, 0.05) is 24.7 Å². The number of amides is 1. The summed E-state index contributed by atoms with van der Waals surface area (Å²) in [6.45, 7) is 6.61. The molecule has 0 spiro atoms. The van der Waals surface area contributed by atoms with Crippen molar-refractivity contribution in [2.75, 3.05) is 6.54 Å². The van der Waals surface area contributed by atoms with Gasteiger partial charge in [-0.2, -0.15) is 0 Å². The zero-order chi connectivity index (χ0) is 22.0. The van der Waals surface area contributed by atoms with Crippen molar-refractivity contribution in [2.24, 2.45) is 0 Å². The molecule has 4 rings (SSSR count). The van der Waals surface area contributed by atoms with E-state index in [2.05, 4.69) is 17.1 Å². The third-order valence-corrected chi connectivity index (χ3v) is 5.88. The summed E-state index contributed by atoms with van der Waals surface area (Å²) < 4.78 is 19.2. The minimum atomic E-state index is -0.332. The Bertz CT molecular complexity index is 1090. The van der Waals surface area contributed by atoms with Crippen molar-refractivity contribution >= 4 is 5.91 Å². The molecule has 31 heavy (non-hydrogen) atoms. The number of carbonyl (C=O) groups excluding carboxylic acids is 1. The maximum atomic E-state index is 13.6. The van der Waals surface area contributed by atoms with E-state index in [1.807, 2.05) is 18.7 Å². The number of aryl methyl sites for hydroxylation is 2. The molecule has 3 heterocycles. The van der Waals surface area contributed by atoms with Crippen molar-refractivity contribution in [1.29, 1.82) is 0 Å². The summed E-state index contributed by atoms with van der Waals surface area (Å²) in [5.41, 5.74) is 4.04. The van der Waals surface area contributed by atoms with Crippen molar-refractivity contribution in [1.82, 2.24) is 20.0 Å². The first-order chi connectivity index (χ1) is 15.0. The molecule has 0 radical (unpaired) electrons. The first-order valence-electron chi connectivity index (χ1n) is 10.8. The van der Waals surface area contributed by atoms with E-state index in [4.69, 9.17) is 9.51 Å². The number of hydrogen-bond donors (Lipinski definition) is 0. The van der Waals surface area contributed by atoms with E-state index in [0.29, 0.717) is 17.9 Å². The number of aromatic nitrogens is 3. The second-order valence-electron chi connectivity index (χ2n) is 8.11. The molecule has 1 aliphatic heterocycles. The first kappa shape index (κ1) is 21.2. The first-order valence-corrected chi connectivity index (χ1v) is 10.8.